The third kappa shape index (κ3) is 5.08. The number of carbonyl (C=O) groups is 2. The monoisotopic (exact) mass is 527 g/mol. The Bertz CT molecular complexity index is 1320. The number of sulfone groups is 1. The highest BCUT2D eigenvalue weighted by molar-refractivity contribution is 7.92. The van der Waals surface area contributed by atoms with E-state index in [1.54, 1.807) is 0 Å². The largest absolute Gasteiger partial charge is 0.461 e. The van der Waals surface area contributed by atoms with Crippen molar-refractivity contribution in [1.29, 1.82) is 0 Å². The Labute approximate surface area is 205 Å². The molecule has 1 amide bonds. The minimum absolute atomic E-state index is 0.0606. The maximum atomic E-state index is 13.6. The van der Waals surface area contributed by atoms with E-state index in [0.717, 1.165) is 11.6 Å². The number of amides is 1. The predicted octanol–water partition coefficient (Wildman–Crippen LogP) is 5.07. The highest BCUT2D eigenvalue weighted by Crippen LogP contribution is 2.47. The van der Waals surface area contributed by atoms with Crippen molar-refractivity contribution in [1.82, 2.24) is 0 Å². The van der Waals surface area contributed by atoms with Crippen LogP contribution >= 0.6 is 11.6 Å². The number of nitrogens with one attached hydrogen (secondary N) is 1. The van der Waals surface area contributed by atoms with Crippen molar-refractivity contribution >= 4 is 39.0 Å². The van der Waals surface area contributed by atoms with Crippen LogP contribution in [-0.4, -0.2) is 32.2 Å². The zero-order valence-electron chi connectivity index (χ0n) is 18.5. The first kappa shape index (κ1) is 25.2. The fraction of sp³-hybridized carbons (Fsp3) is 0.333. The van der Waals surface area contributed by atoms with Gasteiger partial charge >= 0.3 is 5.97 Å². The molecule has 3 atom stereocenters. The summed E-state index contributed by atoms with van der Waals surface area (Å²) in [4.78, 5) is 23.6. The van der Waals surface area contributed by atoms with Gasteiger partial charge in [-0.05, 0) is 54.9 Å². The number of halogens is 4. The molecular weight excluding hydrogens is 507 g/mol. The van der Waals surface area contributed by atoms with Crippen LogP contribution in [0.15, 0.2) is 46.9 Å². The second kappa shape index (κ2) is 9.66. The molecule has 1 saturated carbocycles. The van der Waals surface area contributed by atoms with E-state index in [4.69, 9.17) is 16.3 Å². The van der Waals surface area contributed by atoms with Gasteiger partial charge in [0.1, 0.15) is 6.61 Å². The van der Waals surface area contributed by atoms with Crippen LogP contribution in [0.1, 0.15) is 36.5 Å². The quantitative estimate of drug-likeness (QED) is 0.322. The van der Waals surface area contributed by atoms with Crippen molar-refractivity contribution in [3.63, 3.8) is 0 Å². The van der Waals surface area contributed by atoms with E-state index in [1.807, 2.05) is 6.08 Å². The van der Waals surface area contributed by atoms with Crippen molar-refractivity contribution in [3.8, 4) is 0 Å². The van der Waals surface area contributed by atoms with Crippen LogP contribution in [0.25, 0.3) is 0 Å². The third-order valence-corrected chi connectivity index (χ3v) is 9.14. The van der Waals surface area contributed by atoms with Crippen molar-refractivity contribution in [2.45, 2.75) is 36.3 Å². The van der Waals surface area contributed by atoms with E-state index in [-0.39, 0.29) is 39.6 Å². The fourth-order valence-corrected chi connectivity index (χ4v) is 7.59. The molecule has 2 aliphatic rings. The zero-order valence-corrected chi connectivity index (χ0v) is 20.1. The van der Waals surface area contributed by atoms with Gasteiger partial charge in [0, 0.05) is 30.3 Å². The molecule has 1 fully saturated rings. The first-order valence-electron chi connectivity index (χ1n) is 10.8. The topological polar surface area (TPSA) is 89.5 Å². The number of carbonyl (C=O) groups excluding carboxylic acids is 2. The van der Waals surface area contributed by atoms with Crippen molar-refractivity contribution in [3.05, 3.63) is 70.0 Å². The van der Waals surface area contributed by atoms with Gasteiger partial charge in [0.25, 0.3) is 5.91 Å². The van der Waals surface area contributed by atoms with Crippen LogP contribution in [0.2, 0.25) is 5.02 Å². The van der Waals surface area contributed by atoms with E-state index in [2.05, 4.69) is 5.32 Å². The van der Waals surface area contributed by atoms with Crippen LogP contribution in [0.4, 0.5) is 18.9 Å². The van der Waals surface area contributed by atoms with Crippen LogP contribution in [0.3, 0.4) is 0 Å². The molecule has 2 aliphatic carbocycles. The summed E-state index contributed by atoms with van der Waals surface area (Å²) in [5.41, 5.74) is 0.436. The molecule has 186 valence electrons. The second-order valence-corrected chi connectivity index (χ2v) is 11.2. The van der Waals surface area contributed by atoms with Crippen molar-refractivity contribution in [2.24, 2.45) is 11.8 Å². The van der Waals surface area contributed by atoms with Crippen molar-refractivity contribution < 1.29 is 35.9 Å². The molecule has 0 aromatic heterocycles. The van der Waals surface area contributed by atoms with Gasteiger partial charge in [-0.15, -0.1) is 0 Å². The lowest BCUT2D eigenvalue weighted by molar-refractivity contribution is -0.140. The van der Waals surface area contributed by atoms with Gasteiger partial charge in [-0.2, -0.15) is 0 Å². The molecule has 35 heavy (non-hydrogen) atoms. The van der Waals surface area contributed by atoms with Crippen molar-refractivity contribution in [2.75, 3.05) is 11.9 Å². The molecule has 6 nitrogen and oxygen atoms in total. The van der Waals surface area contributed by atoms with Crippen LogP contribution in [0, 0.1) is 29.3 Å². The Morgan fingerprint density at radius 3 is 2.43 bits per heavy atom. The summed E-state index contributed by atoms with van der Waals surface area (Å²) in [6.45, 7) is 1.43. The standard InChI is InChI=1S/C24H21ClF3NO5S/c1-12(30)34-11-13-6-14-2-3-15(7-13)23(14)35(32,33)21-8-16(4-5-18(21)25)24(31)29-17-9-19(26)22(28)20(27)10-17/h4-6,8-10,14-15,23H,2-3,7,11H2,1H3,(H,29,31)/t14?,15?,23-/m1/s1. The van der Waals surface area contributed by atoms with Crippen LogP contribution < -0.4 is 5.32 Å². The van der Waals surface area contributed by atoms with Crippen LogP contribution in [0.5, 0.6) is 0 Å². The van der Waals surface area contributed by atoms with Gasteiger partial charge in [0.05, 0.1) is 15.2 Å². The third-order valence-electron chi connectivity index (χ3n) is 6.29. The number of esters is 1. The molecule has 2 aromatic rings. The molecule has 0 saturated heterocycles. The SMILES string of the molecule is CC(=O)OCC1=CC2CCC(C1)[C@@H]2S(=O)(=O)c1cc(C(=O)Nc2cc(F)c(F)c(F)c2)ccc1Cl. The number of benzene rings is 2. The van der Waals surface area contributed by atoms with E-state index in [9.17, 15) is 31.2 Å². The number of hydrogen-bond donors (Lipinski definition) is 1. The Morgan fingerprint density at radius 2 is 1.80 bits per heavy atom. The summed E-state index contributed by atoms with van der Waals surface area (Å²) in [6, 6.07) is 4.90. The first-order chi connectivity index (χ1) is 16.5. The summed E-state index contributed by atoms with van der Waals surface area (Å²) in [6.07, 6.45) is 3.63. The average molecular weight is 528 g/mol. The average Bonchev–Trinajstić information content (AvgIpc) is 3.07. The van der Waals surface area contributed by atoms with E-state index in [0.29, 0.717) is 31.4 Å². The number of allylic oxidation sites excluding steroid dienone is 1. The summed E-state index contributed by atoms with van der Waals surface area (Å²) in [5.74, 6) is -6.38. The molecule has 0 spiro atoms. The number of hydrogen-bond acceptors (Lipinski definition) is 5. The normalized spacial score (nSPS) is 21.4. The molecule has 2 unspecified atom stereocenters. The van der Waals surface area contributed by atoms with E-state index in [1.165, 1.54) is 19.1 Å². The minimum atomic E-state index is -3.97. The summed E-state index contributed by atoms with van der Waals surface area (Å²) in [5, 5.41) is 1.42. The Balaban J connectivity index is 1.60. The predicted molar refractivity (Wildman–Crippen MR) is 122 cm³/mol. The molecule has 1 N–H and O–H groups in total. The molecule has 0 heterocycles. The van der Waals surface area contributed by atoms with Gasteiger partial charge in [-0.3, -0.25) is 9.59 Å². The molecule has 4 rings (SSSR count). The van der Waals surface area contributed by atoms with Gasteiger partial charge in [-0.1, -0.05) is 17.7 Å². The van der Waals surface area contributed by atoms with Crippen LogP contribution in [-0.2, 0) is 19.4 Å². The van der Waals surface area contributed by atoms with Gasteiger partial charge in [-0.25, -0.2) is 21.6 Å². The number of rotatable bonds is 6. The number of fused-ring (bicyclic) bond motifs is 2. The lowest BCUT2D eigenvalue weighted by Crippen LogP contribution is -2.34. The summed E-state index contributed by atoms with van der Waals surface area (Å²) < 4.78 is 72.4. The highest BCUT2D eigenvalue weighted by Gasteiger charge is 2.47. The Hall–Kier alpha value is -2.85. The van der Waals surface area contributed by atoms with Gasteiger partial charge < -0.3 is 10.1 Å². The fourth-order valence-electron chi connectivity index (χ4n) is 4.81. The Kier molecular flexibility index (Phi) is 6.97. The smallest absolute Gasteiger partial charge is 0.302 e. The van der Waals surface area contributed by atoms with E-state index >= 15 is 0 Å². The lowest BCUT2D eigenvalue weighted by Gasteiger charge is -2.29. The zero-order chi connectivity index (χ0) is 25.5. The second-order valence-electron chi connectivity index (χ2n) is 8.67. The number of anilines is 1. The first-order valence-corrected chi connectivity index (χ1v) is 12.7. The summed E-state index contributed by atoms with van der Waals surface area (Å²) >= 11 is 6.23. The number of ether oxygens (including phenoxy) is 1. The maximum absolute atomic E-state index is 13.6. The van der Waals surface area contributed by atoms with Gasteiger partial charge in [0.2, 0.25) is 0 Å². The Morgan fingerprint density at radius 1 is 1.11 bits per heavy atom. The maximum Gasteiger partial charge on any atom is 0.302 e. The molecule has 11 heteroatoms. The van der Waals surface area contributed by atoms with E-state index < -0.39 is 44.4 Å². The highest BCUT2D eigenvalue weighted by atomic mass is 35.5. The molecule has 2 bridgehead atoms. The van der Waals surface area contributed by atoms with Gasteiger partial charge in [0.15, 0.2) is 27.3 Å². The minimum Gasteiger partial charge on any atom is -0.461 e. The molecule has 0 radical (unpaired) electrons. The molecule has 2 aromatic carbocycles. The lowest BCUT2D eigenvalue weighted by atomic mass is 9.89. The molecule has 0 aliphatic heterocycles. The molecular formula is C24H21ClF3NO5S. The summed E-state index contributed by atoms with van der Waals surface area (Å²) in [7, 11) is -3.97.